The quantitative estimate of drug-likeness (QED) is 0.431. The van der Waals surface area contributed by atoms with Crippen LogP contribution in [0.5, 0.6) is 0 Å². The molecule has 0 saturated heterocycles. The molecule has 0 spiro atoms. The maximum absolute atomic E-state index is 13.4. The molecule has 124 valence electrons. The van der Waals surface area contributed by atoms with Gasteiger partial charge in [-0.15, -0.1) is 0 Å². The molecule has 0 aliphatic heterocycles. The SMILES string of the molecule is N=C(Nc1c(F)cc(C(F)(F)F)cc1Cl)C(F)(F)C(F)(F)F. The summed E-state index contributed by atoms with van der Waals surface area (Å²) in [6.07, 6.45) is -11.2. The molecule has 0 amide bonds. The van der Waals surface area contributed by atoms with Gasteiger partial charge in [0.05, 0.1) is 16.3 Å². The number of anilines is 1. The maximum atomic E-state index is 13.4. The molecule has 0 unspecified atom stereocenters. The Hall–Kier alpha value is -1.65. The van der Waals surface area contributed by atoms with Crippen molar-refractivity contribution >= 4 is 23.1 Å². The number of amidine groups is 1. The molecule has 22 heavy (non-hydrogen) atoms. The molecule has 0 bridgehead atoms. The largest absolute Gasteiger partial charge is 0.461 e. The van der Waals surface area contributed by atoms with Crippen LogP contribution in [0.2, 0.25) is 5.02 Å². The van der Waals surface area contributed by atoms with E-state index in [1.54, 1.807) is 0 Å². The lowest BCUT2D eigenvalue weighted by Crippen LogP contribution is -2.47. The Labute approximate surface area is 121 Å². The lowest BCUT2D eigenvalue weighted by atomic mass is 10.1. The van der Waals surface area contributed by atoms with E-state index in [1.807, 2.05) is 0 Å². The molecule has 0 heterocycles. The van der Waals surface area contributed by atoms with Gasteiger partial charge in [-0.25, -0.2) is 4.39 Å². The Morgan fingerprint density at radius 3 is 1.86 bits per heavy atom. The number of nitrogens with one attached hydrogen (secondary N) is 2. The van der Waals surface area contributed by atoms with E-state index >= 15 is 0 Å². The fourth-order valence-electron chi connectivity index (χ4n) is 1.20. The van der Waals surface area contributed by atoms with Crippen LogP contribution in [-0.2, 0) is 6.18 Å². The van der Waals surface area contributed by atoms with Crippen LogP contribution < -0.4 is 5.32 Å². The summed E-state index contributed by atoms with van der Waals surface area (Å²) in [6.45, 7) is 0. The van der Waals surface area contributed by atoms with Crippen molar-refractivity contribution in [3.63, 3.8) is 0 Å². The predicted octanol–water partition coefficient (Wildman–Crippen LogP) is 5.08. The van der Waals surface area contributed by atoms with Gasteiger partial charge in [-0.05, 0) is 12.1 Å². The number of benzene rings is 1. The molecule has 12 heteroatoms. The number of hydrogen-bond acceptors (Lipinski definition) is 1. The van der Waals surface area contributed by atoms with E-state index < -0.39 is 46.2 Å². The monoisotopic (exact) mass is 358 g/mol. The van der Waals surface area contributed by atoms with Crippen molar-refractivity contribution in [2.45, 2.75) is 18.3 Å². The summed E-state index contributed by atoms with van der Waals surface area (Å²) in [5, 5.41) is 6.55. The van der Waals surface area contributed by atoms with E-state index in [9.17, 15) is 39.5 Å². The first-order valence-corrected chi connectivity index (χ1v) is 5.42. The lowest BCUT2D eigenvalue weighted by Gasteiger charge is -2.22. The van der Waals surface area contributed by atoms with Gasteiger partial charge in [0.15, 0.2) is 5.84 Å². The molecule has 0 radical (unpaired) electrons. The molecule has 1 aromatic carbocycles. The first-order valence-electron chi connectivity index (χ1n) is 5.04. The van der Waals surface area contributed by atoms with Crippen molar-refractivity contribution in [1.82, 2.24) is 0 Å². The van der Waals surface area contributed by atoms with Crippen LogP contribution in [-0.4, -0.2) is 17.9 Å². The highest BCUT2D eigenvalue weighted by molar-refractivity contribution is 6.34. The minimum absolute atomic E-state index is 0.117. The highest BCUT2D eigenvalue weighted by Gasteiger charge is 2.61. The summed E-state index contributed by atoms with van der Waals surface area (Å²) in [4.78, 5) is 0. The molecule has 1 aromatic rings. The van der Waals surface area contributed by atoms with E-state index in [-0.39, 0.29) is 12.1 Å². The van der Waals surface area contributed by atoms with E-state index in [1.165, 1.54) is 0 Å². The fourth-order valence-corrected chi connectivity index (χ4v) is 1.46. The van der Waals surface area contributed by atoms with Crippen LogP contribution in [0.1, 0.15) is 5.56 Å². The Balaban J connectivity index is 3.18. The minimum Gasteiger partial charge on any atom is -0.335 e. The van der Waals surface area contributed by atoms with Crippen molar-refractivity contribution in [3.05, 3.63) is 28.5 Å². The van der Waals surface area contributed by atoms with Crippen LogP contribution in [0.25, 0.3) is 0 Å². The zero-order valence-corrected chi connectivity index (χ0v) is 10.7. The Morgan fingerprint density at radius 2 is 1.50 bits per heavy atom. The molecule has 0 aliphatic carbocycles. The second-order valence-corrected chi connectivity index (χ2v) is 4.29. The standard InChI is InChI=1S/C10H4ClF9N2/c11-4-1-3(9(15,16)17)2-5(12)6(4)22-7(21)8(13,14)10(18,19)20/h1-2H,(H2,21,22). The molecule has 0 aromatic heterocycles. The third-order valence-electron chi connectivity index (χ3n) is 2.29. The average molecular weight is 359 g/mol. The Bertz CT molecular complexity index is 568. The van der Waals surface area contributed by atoms with Gasteiger partial charge < -0.3 is 5.32 Å². The zero-order valence-electron chi connectivity index (χ0n) is 9.93. The van der Waals surface area contributed by atoms with Crippen molar-refractivity contribution in [1.29, 1.82) is 5.41 Å². The zero-order chi connectivity index (χ0) is 17.5. The number of rotatable bonds is 2. The first-order chi connectivity index (χ1) is 9.68. The van der Waals surface area contributed by atoms with Crippen molar-refractivity contribution < 1.29 is 39.5 Å². The van der Waals surface area contributed by atoms with Gasteiger partial charge in [0, 0.05) is 0 Å². The molecular formula is C10H4ClF9N2. The number of hydrogen-bond donors (Lipinski definition) is 2. The third kappa shape index (κ3) is 3.57. The van der Waals surface area contributed by atoms with Crippen LogP contribution >= 0.6 is 11.6 Å². The molecule has 0 aliphatic rings. The van der Waals surface area contributed by atoms with E-state index in [0.29, 0.717) is 0 Å². The van der Waals surface area contributed by atoms with Crippen molar-refractivity contribution in [2.75, 3.05) is 5.32 Å². The molecule has 0 fully saturated rings. The van der Waals surface area contributed by atoms with E-state index in [2.05, 4.69) is 0 Å². The smallest absolute Gasteiger partial charge is 0.335 e. The molecule has 2 N–H and O–H groups in total. The number of halogens is 10. The van der Waals surface area contributed by atoms with Gasteiger partial charge in [0.25, 0.3) is 0 Å². The van der Waals surface area contributed by atoms with Gasteiger partial charge >= 0.3 is 18.3 Å². The topological polar surface area (TPSA) is 35.9 Å². The van der Waals surface area contributed by atoms with Gasteiger partial charge in [-0.1, -0.05) is 11.6 Å². The molecule has 0 saturated carbocycles. The summed E-state index contributed by atoms with van der Waals surface area (Å²) in [7, 11) is 0. The summed E-state index contributed by atoms with van der Waals surface area (Å²) in [5.74, 6) is -9.99. The fraction of sp³-hybridized carbons (Fsp3) is 0.300. The molecular weight excluding hydrogens is 355 g/mol. The number of alkyl halides is 8. The van der Waals surface area contributed by atoms with Gasteiger partial charge in [-0.2, -0.15) is 35.1 Å². The second kappa shape index (κ2) is 5.52. The second-order valence-electron chi connectivity index (χ2n) is 3.88. The van der Waals surface area contributed by atoms with Crippen LogP contribution in [0, 0.1) is 11.2 Å². The molecule has 0 atom stereocenters. The van der Waals surface area contributed by atoms with Crippen molar-refractivity contribution in [2.24, 2.45) is 0 Å². The van der Waals surface area contributed by atoms with Crippen LogP contribution in [0.4, 0.5) is 45.2 Å². The maximum Gasteiger partial charge on any atom is 0.461 e. The molecule has 1 rings (SSSR count). The van der Waals surface area contributed by atoms with Gasteiger partial charge in [-0.3, -0.25) is 5.41 Å². The third-order valence-corrected chi connectivity index (χ3v) is 2.59. The molecule has 2 nitrogen and oxygen atoms in total. The van der Waals surface area contributed by atoms with Crippen LogP contribution in [0.3, 0.4) is 0 Å². The summed E-state index contributed by atoms with van der Waals surface area (Å²) in [5.41, 5.74) is -2.88. The predicted molar refractivity (Wildman–Crippen MR) is 58.8 cm³/mol. The van der Waals surface area contributed by atoms with Crippen LogP contribution in [0.15, 0.2) is 12.1 Å². The summed E-state index contributed by atoms with van der Waals surface area (Å²) >= 11 is 5.22. The first kappa shape index (κ1) is 18.4. The Kier molecular flexibility index (Phi) is 4.62. The van der Waals surface area contributed by atoms with E-state index in [0.717, 1.165) is 5.32 Å². The van der Waals surface area contributed by atoms with E-state index in [4.69, 9.17) is 17.0 Å². The summed E-state index contributed by atoms with van der Waals surface area (Å²) in [6, 6.07) is -0.0425. The highest BCUT2D eigenvalue weighted by atomic mass is 35.5. The van der Waals surface area contributed by atoms with Gasteiger partial charge in [0.2, 0.25) is 0 Å². The van der Waals surface area contributed by atoms with Crippen molar-refractivity contribution in [3.8, 4) is 0 Å². The normalized spacial score (nSPS) is 13.2. The lowest BCUT2D eigenvalue weighted by molar-refractivity contribution is -0.249. The van der Waals surface area contributed by atoms with Gasteiger partial charge in [0.1, 0.15) is 5.82 Å². The minimum atomic E-state index is -6.15. The highest BCUT2D eigenvalue weighted by Crippen LogP contribution is 2.39. The Morgan fingerprint density at radius 1 is 1.00 bits per heavy atom. The summed E-state index contributed by atoms with van der Waals surface area (Å²) < 4.78 is 112. The average Bonchev–Trinajstić information content (AvgIpc) is 2.30.